The van der Waals surface area contributed by atoms with E-state index in [0.717, 1.165) is 29.7 Å². The first kappa shape index (κ1) is 12.9. The Morgan fingerprint density at radius 2 is 1.71 bits per heavy atom. The van der Waals surface area contributed by atoms with Gasteiger partial charge in [0.15, 0.2) is 0 Å². The van der Waals surface area contributed by atoms with E-state index in [-0.39, 0.29) is 5.54 Å². The van der Waals surface area contributed by atoms with E-state index < -0.39 is 0 Å². The van der Waals surface area contributed by atoms with E-state index >= 15 is 0 Å². The SMILES string of the molecule is CC(C)C1CCC(N)(c2ccc(Cl)cc2)CC1. The monoisotopic (exact) mass is 251 g/mol. The van der Waals surface area contributed by atoms with Gasteiger partial charge >= 0.3 is 0 Å². The number of halogens is 1. The molecule has 2 rings (SSSR count). The second-order valence-corrected chi connectivity index (χ2v) is 6.18. The first-order chi connectivity index (χ1) is 8.01. The highest BCUT2D eigenvalue weighted by molar-refractivity contribution is 6.30. The summed E-state index contributed by atoms with van der Waals surface area (Å²) in [5.41, 5.74) is 7.66. The zero-order valence-electron chi connectivity index (χ0n) is 10.7. The van der Waals surface area contributed by atoms with Crippen LogP contribution in [0.5, 0.6) is 0 Å². The normalized spacial score (nSPS) is 29.6. The summed E-state index contributed by atoms with van der Waals surface area (Å²) >= 11 is 5.92. The number of rotatable bonds is 2. The van der Waals surface area contributed by atoms with Gasteiger partial charge in [-0.2, -0.15) is 0 Å². The van der Waals surface area contributed by atoms with Crippen LogP contribution >= 0.6 is 11.6 Å². The lowest BCUT2D eigenvalue weighted by Crippen LogP contribution is -2.41. The third-order valence-corrected chi connectivity index (χ3v) is 4.54. The van der Waals surface area contributed by atoms with Crippen molar-refractivity contribution in [3.05, 3.63) is 34.9 Å². The minimum Gasteiger partial charge on any atom is -0.321 e. The summed E-state index contributed by atoms with van der Waals surface area (Å²) < 4.78 is 0. The number of nitrogens with two attached hydrogens (primary N) is 1. The predicted octanol–water partition coefficient (Wildman–Crippen LogP) is 4.34. The lowest BCUT2D eigenvalue weighted by Gasteiger charge is -2.39. The van der Waals surface area contributed by atoms with Gasteiger partial charge in [-0.1, -0.05) is 37.6 Å². The highest BCUT2D eigenvalue weighted by atomic mass is 35.5. The molecule has 2 heteroatoms. The van der Waals surface area contributed by atoms with E-state index in [1.54, 1.807) is 0 Å². The zero-order chi connectivity index (χ0) is 12.5. The Balaban J connectivity index is 2.09. The summed E-state index contributed by atoms with van der Waals surface area (Å²) in [7, 11) is 0. The third kappa shape index (κ3) is 2.83. The molecule has 0 spiro atoms. The third-order valence-electron chi connectivity index (χ3n) is 4.28. The number of hydrogen-bond acceptors (Lipinski definition) is 1. The van der Waals surface area contributed by atoms with Crippen LogP contribution in [0, 0.1) is 11.8 Å². The molecule has 0 heterocycles. The molecule has 0 radical (unpaired) electrons. The minimum atomic E-state index is -0.129. The summed E-state index contributed by atoms with van der Waals surface area (Å²) in [5, 5.41) is 0.785. The molecule has 1 saturated carbocycles. The summed E-state index contributed by atoms with van der Waals surface area (Å²) in [4.78, 5) is 0. The van der Waals surface area contributed by atoms with E-state index in [1.807, 2.05) is 12.1 Å². The van der Waals surface area contributed by atoms with Crippen LogP contribution in [0.4, 0.5) is 0 Å². The first-order valence-corrected chi connectivity index (χ1v) is 6.94. The Kier molecular flexibility index (Phi) is 3.79. The van der Waals surface area contributed by atoms with E-state index in [1.165, 1.54) is 18.4 Å². The van der Waals surface area contributed by atoms with Crippen molar-refractivity contribution in [2.45, 2.75) is 45.1 Å². The molecule has 0 saturated heterocycles. The molecule has 0 unspecified atom stereocenters. The highest BCUT2D eigenvalue weighted by Crippen LogP contribution is 2.40. The minimum absolute atomic E-state index is 0.129. The molecule has 0 aromatic heterocycles. The molecule has 0 aliphatic heterocycles. The molecule has 1 aliphatic carbocycles. The van der Waals surface area contributed by atoms with Crippen molar-refractivity contribution >= 4 is 11.6 Å². The molecule has 1 aliphatic rings. The van der Waals surface area contributed by atoms with Crippen molar-refractivity contribution in [1.29, 1.82) is 0 Å². The van der Waals surface area contributed by atoms with E-state index in [0.29, 0.717) is 0 Å². The van der Waals surface area contributed by atoms with Gasteiger partial charge in [0.05, 0.1) is 0 Å². The second-order valence-electron chi connectivity index (χ2n) is 5.74. The fourth-order valence-electron chi connectivity index (χ4n) is 2.89. The molecule has 1 aromatic rings. The van der Waals surface area contributed by atoms with Crippen molar-refractivity contribution in [2.24, 2.45) is 17.6 Å². The van der Waals surface area contributed by atoms with Gasteiger partial charge in [-0.3, -0.25) is 0 Å². The smallest absolute Gasteiger partial charge is 0.0409 e. The van der Waals surface area contributed by atoms with Crippen LogP contribution in [0.3, 0.4) is 0 Å². The first-order valence-electron chi connectivity index (χ1n) is 6.56. The Labute approximate surface area is 109 Å². The van der Waals surface area contributed by atoms with Crippen molar-refractivity contribution in [3.8, 4) is 0 Å². The molecular weight excluding hydrogens is 230 g/mol. The fraction of sp³-hybridized carbons (Fsp3) is 0.600. The van der Waals surface area contributed by atoms with Gasteiger partial charge in [-0.05, 0) is 55.2 Å². The van der Waals surface area contributed by atoms with Gasteiger partial charge in [0.25, 0.3) is 0 Å². The summed E-state index contributed by atoms with van der Waals surface area (Å²) in [6, 6.07) is 8.05. The molecule has 2 N–H and O–H groups in total. The van der Waals surface area contributed by atoms with Gasteiger partial charge in [0.2, 0.25) is 0 Å². The maximum Gasteiger partial charge on any atom is 0.0409 e. The molecule has 1 fully saturated rings. The molecule has 1 aromatic carbocycles. The van der Waals surface area contributed by atoms with E-state index in [2.05, 4.69) is 26.0 Å². The van der Waals surface area contributed by atoms with Crippen LogP contribution in [-0.4, -0.2) is 0 Å². The Morgan fingerprint density at radius 1 is 1.18 bits per heavy atom. The average molecular weight is 252 g/mol. The number of benzene rings is 1. The summed E-state index contributed by atoms with van der Waals surface area (Å²) in [5.74, 6) is 1.63. The van der Waals surface area contributed by atoms with Crippen LogP contribution in [0.2, 0.25) is 5.02 Å². The van der Waals surface area contributed by atoms with Crippen molar-refractivity contribution < 1.29 is 0 Å². The summed E-state index contributed by atoms with van der Waals surface area (Å²) in [6.45, 7) is 4.63. The lowest BCUT2D eigenvalue weighted by atomic mass is 9.70. The molecule has 94 valence electrons. The van der Waals surface area contributed by atoms with Crippen molar-refractivity contribution in [2.75, 3.05) is 0 Å². The van der Waals surface area contributed by atoms with Gasteiger partial charge < -0.3 is 5.73 Å². The standard InChI is InChI=1S/C15H22ClN/c1-11(2)12-7-9-15(17,10-8-12)13-3-5-14(16)6-4-13/h3-6,11-12H,7-10,17H2,1-2H3. The molecule has 17 heavy (non-hydrogen) atoms. The maximum atomic E-state index is 6.55. The lowest BCUT2D eigenvalue weighted by molar-refractivity contribution is 0.196. The molecule has 0 amide bonds. The van der Waals surface area contributed by atoms with E-state index in [9.17, 15) is 0 Å². The van der Waals surface area contributed by atoms with Gasteiger partial charge in [-0.15, -0.1) is 0 Å². The second kappa shape index (κ2) is 4.99. The van der Waals surface area contributed by atoms with Crippen molar-refractivity contribution in [1.82, 2.24) is 0 Å². The average Bonchev–Trinajstić information content (AvgIpc) is 2.30. The predicted molar refractivity (Wildman–Crippen MR) is 74.1 cm³/mol. The largest absolute Gasteiger partial charge is 0.321 e. The van der Waals surface area contributed by atoms with Crippen molar-refractivity contribution in [3.63, 3.8) is 0 Å². The van der Waals surface area contributed by atoms with Crippen LogP contribution in [0.25, 0.3) is 0 Å². The van der Waals surface area contributed by atoms with Gasteiger partial charge in [0.1, 0.15) is 0 Å². The number of hydrogen-bond donors (Lipinski definition) is 1. The molecule has 0 bridgehead atoms. The van der Waals surface area contributed by atoms with Crippen LogP contribution in [0.15, 0.2) is 24.3 Å². The van der Waals surface area contributed by atoms with Gasteiger partial charge in [0, 0.05) is 10.6 Å². The maximum absolute atomic E-state index is 6.55. The Hall–Kier alpha value is -0.530. The summed E-state index contributed by atoms with van der Waals surface area (Å²) in [6.07, 6.45) is 4.68. The van der Waals surface area contributed by atoms with Crippen LogP contribution in [0.1, 0.15) is 45.1 Å². The zero-order valence-corrected chi connectivity index (χ0v) is 11.5. The van der Waals surface area contributed by atoms with Gasteiger partial charge in [-0.25, -0.2) is 0 Å². The Morgan fingerprint density at radius 3 is 2.18 bits per heavy atom. The molecule has 1 nitrogen and oxygen atoms in total. The topological polar surface area (TPSA) is 26.0 Å². The highest BCUT2D eigenvalue weighted by Gasteiger charge is 2.33. The Bertz CT molecular complexity index is 361. The fourth-order valence-corrected chi connectivity index (χ4v) is 3.02. The molecular formula is C15H22ClN. The quantitative estimate of drug-likeness (QED) is 0.831. The molecule has 0 atom stereocenters. The van der Waals surface area contributed by atoms with Crippen LogP contribution < -0.4 is 5.73 Å². The van der Waals surface area contributed by atoms with Crippen LogP contribution in [-0.2, 0) is 5.54 Å². The van der Waals surface area contributed by atoms with E-state index in [4.69, 9.17) is 17.3 Å².